The Balaban J connectivity index is 1.51. The molecule has 37 heavy (non-hydrogen) atoms. The number of aromatic nitrogens is 2. The molecule has 3 aromatic rings. The molecule has 0 saturated carbocycles. The summed E-state index contributed by atoms with van der Waals surface area (Å²) in [5.41, 5.74) is 1.83. The van der Waals surface area contributed by atoms with Gasteiger partial charge in [-0.05, 0) is 31.6 Å². The molecule has 1 aliphatic heterocycles. The molecule has 3 heterocycles. The van der Waals surface area contributed by atoms with Crippen molar-refractivity contribution in [2.45, 2.75) is 19.0 Å². The molecular weight excluding hydrogens is 492 g/mol. The fourth-order valence-corrected chi connectivity index (χ4v) is 5.32. The predicted octanol–water partition coefficient (Wildman–Crippen LogP) is 2.14. The summed E-state index contributed by atoms with van der Waals surface area (Å²) in [5, 5.41) is 6.87. The zero-order chi connectivity index (χ0) is 26.4. The van der Waals surface area contributed by atoms with Gasteiger partial charge >= 0.3 is 5.97 Å². The minimum absolute atomic E-state index is 0.217. The Kier molecular flexibility index (Phi) is 8.47. The molecule has 0 aliphatic carbocycles. The van der Waals surface area contributed by atoms with E-state index in [-0.39, 0.29) is 11.8 Å². The fourth-order valence-electron chi connectivity index (χ4n) is 4.12. The van der Waals surface area contributed by atoms with Gasteiger partial charge in [0.05, 0.1) is 19.0 Å². The van der Waals surface area contributed by atoms with Gasteiger partial charge in [-0.15, -0.1) is 11.3 Å². The van der Waals surface area contributed by atoms with E-state index in [0.717, 1.165) is 32.8 Å². The minimum Gasteiger partial charge on any atom is -0.467 e. The van der Waals surface area contributed by atoms with E-state index in [1.807, 2.05) is 49.3 Å². The molecule has 4 rings (SSSR count). The number of hydrogen-bond donors (Lipinski definition) is 2. The van der Waals surface area contributed by atoms with Crippen molar-refractivity contribution in [3.05, 3.63) is 64.8 Å². The molecule has 0 bridgehead atoms. The third-order valence-corrected chi connectivity index (χ3v) is 7.16. The van der Waals surface area contributed by atoms with E-state index in [1.54, 1.807) is 4.90 Å². The van der Waals surface area contributed by atoms with Crippen molar-refractivity contribution >= 4 is 45.2 Å². The second-order valence-electron chi connectivity index (χ2n) is 8.85. The van der Waals surface area contributed by atoms with Gasteiger partial charge in [-0.2, -0.15) is 0 Å². The topological polar surface area (TPSA) is 117 Å². The predicted molar refractivity (Wildman–Crippen MR) is 142 cm³/mol. The van der Waals surface area contributed by atoms with Crippen LogP contribution < -0.4 is 10.6 Å². The molecule has 1 aliphatic rings. The lowest BCUT2D eigenvalue weighted by Gasteiger charge is -2.26. The lowest BCUT2D eigenvalue weighted by atomic mass is 10.0. The van der Waals surface area contributed by atoms with Crippen LogP contribution in [0.5, 0.6) is 0 Å². The molecule has 2 N–H and O–H groups in total. The Bertz CT molecular complexity index is 1310. The SMILES string of the molecule is COC(=O)[C@@H](Nc1ncnc2sc3c(c12)CCN(C(=O)C=CC(=O)NCCN(C)C)C3)c1ccccc1. The van der Waals surface area contributed by atoms with E-state index in [0.29, 0.717) is 31.9 Å². The zero-order valence-electron chi connectivity index (χ0n) is 21.1. The van der Waals surface area contributed by atoms with Gasteiger partial charge < -0.3 is 25.2 Å². The van der Waals surface area contributed by atoms with Crippen LogP contribution in [0.2, 0.25) is 0 Å². The van der Waals surface area contributed by atoms with E-state index in [1.165, 1.54) is 36.9 Å². The van der Waals surface area contributed by atoms with Crippen molar-refractivity contribution < 1.29 is 19.1 Å². The maximum Gasteiger partial charge on any atom is 0.333 e. The number of thiophene rings is 1. The van der Waals surface area contributed by atoms with Crippen LogP contribution in [0.3, 0.4) is 0 Å². The van der Waals surface area contributed by atoms with E-state index in [9.17, 15) is 14.4 Å². The van der Waals surface area contributed by atoms with Gasteiger partial charge in [0.1, 0.15) is 17.0 Å². The van der Waals surface area contributed by atoms with Crippen LogP contribution in [0.15, 0.2) is 48.8 Å². The molecular formula is C26H30N6O4S. The highest BCUT2D eigenvalue weighted by atomic mass is 32.1. The number of rotatable bonds is 9. The van der Waals surface area contributed by atoms with E-state index in [2.05, 4.69) is 20.6 Å². The fraction of sp³-hybridized carbons (Fsp3) is 0.346. The third-order valence-electron chi connectivity index (χ3n) is 6.03. The summed E-state index contributed by atoms with van der Waals surface area (Å²) < 4.78 is 5.03. The Morgan fingerprint density at radius 3 is 2.70 bits per heavy atom. The first kappa shape index (κ1) is 26.2. The molecule has 2 aromatic heterocycles. The molecule has 1 atom stereocenters. The molecule has 0 spiro atoms. The standard InChI is InChI=1S/C26H30N6O4S/c1-31(2)14-12-27-20(33)9-10-21(34)32-13-11-18-19(15-32)37-25-22(18)24(28-16-29-25)30-23(26(35)36-3)17-7-5-4-6-8-17/h4-10,16,23H,11-15H2,1-3H3,(H,27,33)(H,28,29,30)/t23-/m0/s1. The van der Waals surface area contributed by atoms with E-state index < -0.39 is 12.0 Å². The number of anilines is 1. The lowest BCUT2D eigenvalue weighted by molar-refractivity contribution is -0.141. The Morgan fingerprint density at radius 1 is 1.19 bits per heavy atom. The van der Waals surface area contributed by atoms with Gasteiger partial charge in [-0.1, -0.05) is 30.3 Å². The molecule has 10 nitrogen and oxygen atoms in total. The second-order valence-corrected chi connectivity index (χ2v) is 9.94. The van der Waals surface area contributed by atoms with Crippen LogP contribution in [0.1, 0.15) is 22.0 Å². The highest BCUT2D eigenvalue weighted by Gasteiger charge is 2.28. The normalized spacial score (nSPS) is 14.0. The summed E-state index contributed by atoms with van der Waals surface area (Å²) in [6, 6.07) is 8.60. The number of hydrogen-bond acceptors (Lipinski definition) is 9. The van der Waals surface area contributed by atoms with Crippen LogP contribution in [-0.4, -0.2) is 78.4 Å². The first-order chi connectivity index (χ1) is 17.9. The molecule has 0 saturated heterocycles. The zero-order valence-corrected chi connectivity index (χ0v) is 21.9. The molecule has 0 fully saturated rings. The number of benzene rings is 1. The summed E-state index contributed by atoms with van der Waals surface area (Å²) in [5.74, 6) is -0.378. The number of esters is 1. The van der Waals surface area contributed by atoms with Crippen LogP contribution in [-0.2, 0) is 32.1 Å². The number of nitrogens with one attached hydrogen (secondary N) is 2. The monoisotopic (exact) mass is 522 g/mol. The van der Waals surface area contributed by atoms with Crippen molar-refractivity contribution in [2.24, 2.45) is 0 Å². The Morgan fingerprint density at radius 2 is 1.97 bits per heavy atom. The minimum atomic E-state index is -0.726. The van der Waals surface area contributed by atoms with Gasteiger partial charge in [0.2, 0.25) is 11.8 Å². The van der Waals surface area contributed by atoms with Crippen LogP contribution in [0.25, 0.3) is 10.2 Å². The largest absolute Gasteiger partial charge is 0.467 e. The molecule has 1 aromatic carbocycles. The highest BCUT2D eigenvalue weighted by Crippen LogP contribution is 2.38. The van der Waals surface area contributed by atoms with Crippen molar-refractivity contribution in [2.75, 3.05) is 46.2 Å². The Labute approximate surface area is 219 Å². The number of methoxy groups -OCH3 is 1. The van der Waals surface area contributed by atoms with Crippen molar-refractivity contribution in [3.8, 4) is 0 Å². The average molecular weight is 523 g/mol. The highest BCUT2D eigenvalue weighted by molar-refractivity contribution is 7.19. The van der Waals surface area contributed by atoms with Crippen LogP contribution in [0, 0.1) is 0 Å². The summed E-state index contributed by atoms with van der Waals surface area (Å²) in [7, 11) is 5.21. The van der Waals surface area contributed by atoms with Crippen LogP contribution in [0.4, 0.5) is 5.82 Å². The van der Waals surface area contributed by atoms with E-state index >= 15 is 0 Å². The second kappa shape index (κ2) is 11.9. The number of likely N-dealkylation sites (N-methyl/N-ethyl adjacent to an activating group) is 1. The summed E-state index contributed by atoms with van der Waals surface area (Å²) in [6.45, 7) is 2.15. The third kappa shape index (κ3) is 6.30. The smallest absolute Gasteiger partial charge is 0.333 e. The first-order valence-electron chi connectivity index (χ1n) is 11.9. The molecule has 2 amide bonds. The summed E-state index contributed by atoms with van der Waals surface area (Å²) >= 11 is 1.50. The molecule has 11 heteroatoms. The van der Waals surface area contributed by atoms with Crippen molar-refractivity contribution in [3.63, 3.8) is 0 Å². The van der Waals surface area contributed by atoms with Crippen molar-refractivity contribution in [1.29, 1.82) is 0 Å². The van der Waals surface area contributed by atoms with Crippen LogP contribution >= 0.6 is 11.3 Å². The van der Waals surface area contributed by atoms with E-state index in [4.69, 9.17) is 4.74 Å². The quantitative estimate of drug-likeness (QED) is 0.324. The Hall–Kier alpha value is -3.83. The lowest BCUT2D eigenvalue weighted by Crippen LogP contribution is -2.35. The van der Waals surface area contributed by atoms with Gasteiger partial charge in [0, 0.05) is 36.7 Å². The first-order valence-corrected chi connectivity index (χ1v) is 12.7. The summed E-state index contributed by atoms with van der Waals surface area (Å²) in [6.07, 6.45) is 4.67. The number of amides is 2. The van der Waals surface area contributed by atoms with Gasteiger partial charge in [-0.3, -0.25) is 9.59 Å². The summed E-state index contributed by atoms with van der Waals surface area (Å²) in [4.78, 5) is 51.7. The number of carbonyl (C=O) groups is 3. The molecule has 194 valence electrons. The number of ether oxygens (including phenoxy) is 1. The van der Waals surface area contributed by atoms with Gasteiger partial charge in [0.15, 0.2) is 6.04 Å². The van der Waals surface area contributed by atoms with Crippen molar-refractivity contribution in [1.82, 2.24) is 25.1 Å². The maximum atomic E-state index is 12.8. The average Bonchev–Trinajstić information content (AvgIpc) is 3.28. The molecule has 0 radical (unpaired) electrons. The van der Waals surface area contributed by atoms with Gasteiger partial charge in [0.25, 0.3) is 0 Å². The number of fused-ring (bicyclic) bond motifs is 3. The number of carbonyl (C=O) groups excluding carboxylic acids is 3. The maximum absolute atomic E-state index is 12.8. The number of nitrogens with zero attached hydrogens (tertiary/aromatic N) is 4. The molecule has 0 unspecified atom stereocenters. The van der Waals surface area contributed by atoms with Gasteiger partial charge in [-0.25, -0.2) is 14.8 Å².